The van der Waals surface area contributed by atoms with Crippen LogP contribution in [0.2, 0.25) is 0 Å². The quantitative estimate of drug-likeness (QED) is 0.633. The zero-order chi connectivity index (χ0) is 25.8. The Bertz CT molecular complexity index is 1190. The molecular weight excluding hydrogens is 480 g/mol. The molecule has 1 aromatic heterocycles. The molecule has 5 unspecified atom stereocenters. The Hall–Kier alpha value is -2.03. The summed E-state index contributed by atoms with van der Waals surface area (Å²) in [7, 11) is 2.21. The first kappa shape index (κ1) is 25.3. The third-order valence-electron chi connectivity index (χ3n) is 9.67. The van der Waals surface area contributed by atoms with Crippen molar-refractivity contribution in [2.45, 2.75) is 83.0 Å². The first-order valence-electron chi connectivity index (χ1n) is 14.3. The second-order valence-corrected chi connectivity index (χ2v) is 13.4. The number of nitrogens with zero attached hydrogens (tertiary/aromatic N) is 4. The molecule has 4 aliphatic rings. The molecule has 0 radical (unpaired) electrons. The Morgan fingerprint density at radius 3 is 2.68 bits per heavy atom. The normalized spacial score (nSPS) is 35.5. The molecule has 6 rings (SSSR count). The number of likely N-dealkylation sites (tertiary alicyclic amines) is 2. The van der Waals surface area contributed by atoms with Gasteiger partial charge in [0, 0.05) is 24.4 Å². The van der Waals surface area contributed by atoms with Crippen LogP contribution in [0.5, 0.6) is 0 Å². The number of amides is 1. The standard InChI is InChI=1S/C29H42N6OS/c1-16-12-25(20-5-6-26-23(13-20)33-28(37-26)19-7-9-34(4)10-8-19)35(15-18(16)3)29(36)24-14-22-21(31-24)11-17(2)27(30)32-22/h5-6,13,16-19,21-22,24-25,31H,7-12,14-15H2,1-4H3,(H2,30,32)/t16-,17?,18?,21?,22?,24?,25-/m1/s1. The van der Waals surface area contributed by atoms with E-state index in [-0.39, 0.29) is 36.0 Å². The predicted octanol–water partition coefficient (Wildman–Crippen LogP) is 4.15. The van der Waals surface area contributed by atoms with E-state index in [0.717, 1.165) is 50.2 Å². The Balaban J connectivity index is 1.24. The van der Waals surface area contributed by atoms with Crippen molar-refractivity contribution in [1.29, 1.82) is 0 Å². The van der Waals surface area contributed by atoms with Gasteiger partial charge in [-0.2, -0.15) is 0 Å². The lowest BCUT2D eigenvalue weighted by Gasteiger charge is -2.43. The van der Waals surface area contributed by atoms with Crippen molar-refractivity contribution in [2.24, 2.45) is 28.5 Å². The Morgan fingerprint density at radius 1 is 1.11 bits per heavy atom. The van der Waals surface area contributed by atoms with Crippen LogP contribution in [0.3, 0.4) is 0 Å². The average molecular weight is 523 g/mol. The van der Waals surface area contributed by atoms with E-state index < -0.39 is 0 Å². The van der Waals surface area contributed by atoms with Gasteiger partial charge in [-0.25, -0.2) is 4.98 Å². The van der Waals surface area contributed by atoms with Crippen molar-refractivity contribution in [3.8, 4) is 0 Å². The molecule has 4 aliphatic heterocycles. The number of nitrogens with two attached hydrogens (primary N) is 1. The van der Waals surface area contributed by atoms with Crippen LogP contribution in [0.15, 0.2) is 23.2 Å². The summed E-state index contributed by atoms with van der Waals surface area (Å²) in [5, 5.41) is 4.93. The minimum Gasteiger partial charge on any atom is -0.387 e. The van der Waals surface area contributed by atoms with E-state index >= 15 is 0 Å². The number of hydrogen-bond donors (Lipinski definition) is 2. The molecule has 2 aromatic rings. The molecule has 3 saturated heterocycles. The highest BCUT2D eigenvalue weighted by Gasteiger charge is 2.44. The molecule has 8 heteroatoms. The number of nitrogens with one attached hydrogen (secondary N) is 1. The van der Waals surface area contributed by atoms with Crippen molar-refractivity contribution >= 4 is 33.3 Å². The molecule has 7 nitrogen and oxygen atoms in total. The Labute approximate surface area is 224 Å². The van der Waals surface area contributed by atoms with Gasteiger partial charge < -0.3 is 20.9 Å². The molecule has 0 bridgehead atoms. The smallest absolute Gasteiger partial charge is 0.240 e. The van der Waals surface area contributed by atoms with Gasteiger partial charge in [-0.1, -0.05) is 26.8 Å². The number of aliphatic imine (C=N–C) groups is 1. The third kappa shape index (κ3) is 4.81. The SMILES string of the molecule is CC1CC2NC(C(=O)N3CC(C)[C@H](C)C[C@@H]3c3ccc4sc(C5CCN(C)CC5)nc4c3)CC2N=C1N. The van der Waals surface area contributed by atoms with Crippen molar-refractivity contribution in [1.82, 2.24) is 20.1 Å². The molecule has 1 aromatic carbocycles. The van der Waals surface area contributed by atoms with Crippen LogP contribution in [0.25, 0.3) is 10.2 Å². The maximum Gasteiger partial charge on any atom is 0.240 e. The monoisotopic (exact) mass is 522 g/mol. The molecule has 7 atom stereocenters. The third-order valence-corrected chi connectivity index (χ3v) is 10.9. The summed E-state index contributed by atoms with van der Waals surface area (Å²) in [6, 6.07) is 7.04. The molecule has 0 saturated carbocycles. The predicted molar refractivity (Wildman–Crippen MR) is 151 cm³/mol. The van der Waals surface area contributed by atoms with Gasteiger partial charge in [0.2, 0.25) is 5.91 Å². The number of rotatable bonds is 3. The molecule has 0 aliphatic carbocycles. The van der Waals surface area contributed by atoms with E-state index in [1.54, 1.807) is 0 Å². The van der Waals surface area contributed by atoms with Gasteiger partial charge in [0.1, 0.15) is 0 Å². The van der Waals surface area contributed by atoms with Gasteiger partial charge in [-0.05, 0) is 81.8 Å². The Morgan fingerprint density at radius 2 is 1.89 bits per heavy atom. The maximum atomic E-state index is 14.0. The highest BCUT2D eigenvalue weighted by molar-refractivity contribution is 7.18. The molecule has 3 fully saturated rings. The van der Waals surface area contributed by atoms with E-state index in [9.17, 15) is 4.79 Å². The summed E-state index contributed by atoms with van der Waals surface area (Å²) in [5.41, 5.74) is 8.47. The van der Waals surface area contributed by atoms with Gasteiger partial charge in [-0.15, -0.1) is 11.3 Å². The zero-order valence-electron chi connectivity index (χ0n) is 22.7. The number of piperidine rings is 2. The first-order valence-corrected chi connectivity index (χ1v) is 15.1. The molecular formula is C29H42N6OS. The zero-order valence-corrected chi connectivity index (χ0v) is 23.5. The van der Waals surface area contributed by atoms with Crippen molar-refractivity contribution in [3.05, 3.63) is 28.8 Å². The summed E-state index contributed by atoms with van der Waals surface area (Å²) in [6.07, 6.45) is 5.07. The van der Waals surface area contributed by atoms with E-state index in [4.69, 9.17) is 15.7 Å². The fourth-order valence-electron chi connectivity index (χ4n) is 6.89. The number of thiazole rings is 1. The summed E-state index contributed by atoms with van der Waals surface area (Å²) >= 11 is 1.86. The lowest BCUT2D eigenvalue weighted by Crippen LogP contribution is -2.51. The van der Waals surface area contributed by atoms with E-state index in [1.807, 2.05) is 11.3 Å². The first-order chi connectivity index (χ1) is 17.8. The van der Waals surface area contributed by atoms with Gasteiger partial charge in [0.15, 0.2) is 0 Å². The highest BCUT2D eigenvalue weighted by atomic mass is 32.1. The number of aromatic nitrogens is 1. The fourth-order valence-corrected chi connectivity index (χ4v) is 8.01. The van der Waals surface area contributed by atoms with Crippen LogP contribution in [-0.2, 0) is 4.79 Å². The van der Waals surface area contributed by atoms with Crippen LogP contribution in [-0.4, -0.2) is 71.3 Å². The number of carbonyl (C=O) groups is 1. The van der Waals surface area contributed by atoms with Gasteiger partial charge in [-0.3, -0.25) is 9.79 Å². The Kier molecular flexibility index (Phi) is 6.78. The number of amidine groups is 1. The second-order valence-electron chi connectivity index (χ2n) is 12.4. The lowest BCUT2D eigenvalue weighted by atomic mass is 9.81. The molecule has 5 heterocycles. The summed E-state index contributed by atoms with van der Waals surface area (Å²) in [4.78, 5) is 28.4. The number of hydrogen-bond acceptors (Lipinski definition) is 7. The maximum absolute atomic E-state index is 14.0. The minimum atomic E-state index is -0.181. The average Bonchev–Trinajstić information content (AvgIpc) is 3.49. The number of benzene rings is 1. The van der Waals surface area contributed by atoms with Crippen LogP contribution in [0, 0.1) is 17.8 Å². The van der Waals surface area contributed by atoms with E-state index in [0.29, 0.717) is 17.8 Å². The van der Waals surface area contributed by atoms with Crippen molar-refractivity contribution in [2.75, 3.05) is 26.7 Å². The second kappa shape index (κ2) is 9.93. The van der Waals surface area contributed by atoms with Crippen LogP contribution >= 0.6 is 11.3 Å². The number of fused-ring (bicyclic) bond motifs is 2. The summed E-state index contributed by atoms with van der Waals surface area (Å²) < 4.78 is 1.26. The molecule has 37 heavy (non-hydrogen) atoms. The topological polar surface area (TPSA) is 86.9 Å². The molecule has 1 amide bonds. The largest absolute Gasteiger partial charge is 0.387 e. The highest BCUT2D eigenvalue weighted by Crippen LogP contribution is 2.41. The van der Waals surface area contributed by atoms with Crippen molar-refractivity contribution in [3.63, 3.8) is 0 Å². The molecule has 0 spiro atoms. The summed E-state index contributed by atoms with van der Waals surface area (Å²) in [5.74, 6) is 2.86. The van der Waals surface area contributed by atoms with E-state index in [1.165, 1.54) is 28.1 Å². The van der Waals surface area contributed by atoms with E-state index in [2.05, 4.69) is 61.1 Å². The van der Waals surface area contributed by atoms with Crippen LogP contribution < -0.4 is 11.1 Å². The summed E-state index contributed by atoms with van der Waals surface area (Å²) in [6.45, 7) is 9.84. The number of carbonyl (C=O) groups excluding carboxylic acids is 1. The minimum absolute atomic E-state index is 0.0912. The van der Waals surface area contributed by atoms with Crippen LogP contribution in [0.4, 0.5) is 0 Å². The van der Waals surface area contributed by atoms with Gasteiger partial charge in [0.25, 0.3) is 0 Å². The molecule has 200 valence electrons. The van der Waals surface area contributed by atoms with Crippen molar-refractivity contribution < 1.29 is 4.79 Å². The van der Waals surface area contributed by atoms with Gasteiger partial charge >= 0.3 is 0 Å². The van der Waals surface area contributed by atoms with Crippen LogP contribution in [0.1, 0.15) is 75.4 Å². The lowest BCUT2D eigenvalue weighted by molar-refractivity contribution is -0.139. The van der Waals surface area contributed by atoms with Gasteiger partial charge in [0.05, 0.1) is 39.2 Å². The fraction of sp³-hybridized carbons (Fsp3) is 0.690. The molecule has 3 N–H and O–H groups in total.